The van der Waals surface area contributed by atoms with Crippen molar-refractivity contribution in [3.8, 4) is 5.75 Å². The highest BCUT2D eigenvalue weighted by Gasteiger charge is 2.39. The fourth-order valence-corrected chi connectivity index (χ4v) is 5.26. The van der Waals surface area contributed by atoms with Crippen molar-refractivity contribution in [3.05, 3.63) is 184 Å². The first-order chi connectivity index (χ1) is 21.4. The molecule has 1 heterocycles. The predicted octanol–water partition coefficient (Wildman–Crippen LogP) is 6.13. The molecule has 1 aromatic heterocycles. The van der Waals surface area contributed by atoms with Crippen LogP contribution in [0.4, 0.5) is 0 Å². The summed E-state index contributed by atoms with van der Waals surface area (Å²) in [5.41, 5.74) is 7.01. The van der Waals surface area contributed by atoms with Crippen molar-refractivity contribution in [2.24, 2.45) is 5.73 Å². The summed E-state index contributed by atoms with van der Waals surface area (Å²) in [5.74, 6) is -0.711. The zero-order valence-electron chi connectivity index (χ0n) is 23.7. The van der Waals surface area contributed by atoms with Gasteiger partial charge in [-0.15, -0.1) is 0 Å². The second-order valence-corrected chi connectivity index (χ2v) is 10.4. The van der Waals surface area contributed by atoms with Gasteiger partial charge in [-0.2, -0.15) is 0 Å². The number of nitrogens with two attached hydrogens (primary N) is 1. The topological polar surface area (TPSA) is 115 Å². The Morgan fingerprint density at radius 2 is 1.09 bits per heavy atom. The number of benzene rings is 5. The lowest BCUT2D eigenvalue weighted by atomic mass is 9.97. The fourth-order valence-electron chi connectivity index (χ4n) is 5.26. The number of nitrogens with one attached hydrogen (secondary N) is 1. The highest BCUT2D eigenvalue weighted by molar-refractivity contribution is 5.93. The van der Waals surface area contributed by atoms with Crippen molar-refractivity contribution in [2.45, 2.75) is 17.9 Å². The minimum absolute atomic E-state index is 0.0527. The number of rotatable bonds is 9. The molecule has 0 amide bonds. The van der Waals surface area contributed by atoms with Crippen LogP contribution in [0.3, 0.4) is 0 Å². The van der Waals surface area contributed by atoms with Gasteiger partial charge in [0.1, 0.15) is 11.9 Å². The van der Waals surface area contributed by atoms with Gasteiger partial charge in [0, 0.05) is 17.0 Å². The van der Waals surface area contributed by atoms with Crippen molar-refractivity contribution in [1.82, 2.24) is 4.98 Å². The Hall–Kier alpha value is -5.50. The van der Waals surface area contributed by atoms with Crippen LogP contribution in [-0.4, -0.2) is 16.1 Å². The molecule has 5 aromatic carbocycles. The van der Waals surface area contributed by atoms with E-state index in [1.54, 1.807) is 6.07 Å². The zero-order chi connectivity index (χ0) is 30.5. The van der Waals surface area contributed by atoms with E-state index in [0.29, 0.717) is 22.3 Å². The molecule has 1 atom stereocenters. The van der Waals surface area contributed by atoms with Crippen molar-refractivity contribution >= 4 is 16.9 Å². The molecule has 0 fully saturated rings. The molecular weight excluding hydrogens is 552 g/mol. The van der Waals surface area contributed by atoms with E-state index in [4.69, 9.17) is 15.2 Å². The van der Waals surface area contributed by atoms with Crippen molar-refractivity contribution in [3.63, 3.8) is 0 Å². The van der Waals surface area contributed by atoms with E-state index in [2.05, 4.69) is 4.98 Å². The van der Waals surface area contributed by atoms with Crippen LogP contribution in [0.2, 0.25) is 0 Å². The second kappa shape index (κ2) is 12.4. The summed E-state index contributed by atoms with van der Waals surface area (Å²) in [7, 11) is 0. The van der Waals surface area contributed by atoms with E-state index in [9.17, 15) is 14.7 Å². The molecule has 0 aliphatic rings. The molecule has 7 nitrogen and oxygen atoms in total. The summed E-state index contributed by atoms with van der Waals surface area (Å²) in [6.07, 6.45) is -1.32. The molecular formula is C37H30N2O5. The number of aromatic amines is 1. The minimum atomic E-state index is -2.56. The van der Waals surface area contributed by atoms with E-state index in [-0.39, 0.29) is 16.6 Å². The van der Waals surface area contributed by atoms with E-state index < -0.39 is 23.9 Å². The summed E-state index contributed by atoms with van der Waals surface area (Å²) in [5, 5.41) is 11.9. The highest BCUT2D eigenvalue weighted by atomic mass is 16.6. The number of hydrogen-bond acceptors (Lipinski definition) is 6. The SMILES string of the molecule is NC(O)(C(=O)OC(c1ccccc1)c1ccccc1)c1ccc(OC(c2ccccc2)c2ccccc2)c2[nH]c(=O)ccc12. The normalized spacial score (nSPS) is 12.6. The molecule has 0 saturated carbocycles. The fraction of sp³-hybridized carbons (Fsp3) is 0.0811. The zero-order valence-corrected chi connectivity index (χ0v) is 23.7. The monoisotopic (exact) mass is 582 g/mol. The van der Waals surface area contributed by atoms with Gasteiger partial charge in [0.15, 0.2) is 6.10 Å². The van der Waals surface area contributed by atoms with E-state index in [1.807, 2.05) is 121 Å². The first-order valence-corrected chi connectivity index (χ1v) is 14.2. The van der Waals surface area contributed by atoms with Gasteiger partial charge in [0.05, 0.1) is 5.52 Å². The third-order valence-corrected chi connectivity index (χ3v) is 7.46. The number of hydrogen-bond donors (Lipinski definition) is 3. The highest BCUT2D eigenvalue weighted by Crippen LogP contribution is 2.36. The molecule has 0 spiro atoms. The summed E-state index contributed by atoms with van der Waals surface area (Å²) in [6, 6.07) is 43.8. The molecule has 44 heavy (non-hydrogen) atoms. The van der Waals surface area contributed by atoms with Crippen molar-refractivity contribution in [2.75, 3.05) is 0 Å². The lowest BCUT2D eigenvalue weighted by Crippen LogP contribution is -2.46. The first kappa shape index (κ1) is 28.6. The van der Waals surface area contributed by atoms with E-state index >= 15 is 0 Å². The average molecular weight is 583 g/mol. The number of fused-ring (bicyclic) bond motifs is 1. The average Bonchev–Trinajstić information content (AvgIpc) is 3.07. The largest absolute Gasteiger partial charge is 0.479 e. The number of H-pyrrole nitrogens is 1. The van der Waals surface area contributed by atoms with Crippen molar-refractivity contribution in [1.29, 1.82) is 0 Å². The van der Waals surface area contributed by atoms with Gasteiger partial charge < -0.3 is 19.6 Å². The number of aliphatic hydroxyl groups is 1. The Bertz CT molecular complexity index is 1850. The van der Waals surface area contributed by atoms with Crippen LogP contribution in [0.1, 0.15) is 40.0 Å². The van der Waals surface area contributed by atoms with E-state index in [0.717, 1.165) is 11.1 Å². The first-order valence-electron chi connectivity index (χ1n) is 14.2. The Labute approximate surface area is 254 Å². The summed E-state index contributed by atoms with van der Waals surface area (Å²) >= 11 is 0. The molecule has 6 rings (SSSR count). The number of aromatic nitrogens is 1. The summed E-state index contributed by atoms with van der Waals surface area (Å²) in [6.45, 7) is 0. The van der Waals surface area contributed by atoms with Crippen LogP contribution < -0.4 is 16.0 Å². The summed E-state index contributed by atoms with van der Waals surface area (Å²) < 4.78 is 12.5. The molecule has 6 aromatic rings. The third kappa shape index (κ3) is 5.87. The van der Waals surface area contributed by atoms with Gasteiger partial charge in [0.2, 0.25) is 11.3 Å². The smallest absolute Gasteiger partial charge is 0.359 e. The number of ether oxygens (including phenoxy) is 2. The number of esters is 1. The number of carbonyl (C=O) groups excluding carboxylic acids is 1. The van der Waals surface area contributed by atoms with Crippen LogP contribution in [0, 0.1) is 0 Å². The molecule has 7 heteroatoms. The lowest BCUT2D eigenvalue weighted by molar-refractivity contribution is -0.170. The number of carbonyl (C=O) groups is 1. The van der Waals surface area contributed by atoms with Crippen LogP contribution >= 0.6 is 0 Å². The van der Waals surface area contributed by atoms with Crippen LogP contribution in [0.25, 0.3) is 10.9 Å². The van der Waals surface area contributed by atoms with Gasteiger partial charge in [-0.25, -0.2) is 4.79 Å². The Morgan fingerprint density at radius 3 is 1.57 bits per heavy atom. The van der Waals surface area contributed by atoms with Gasteiger partial charge in [-0.3, -0.25) is 10.5 Å². The maximum Gasteiger partial charge on any atom is 0.359 e. The quantitative estimate of drug-likeness (QED) is 0.140. The van der Waals surface area contributed by atoms with Crippen LogP contribution in [-0.2, 0) is 15.3 Å². The van der Waals surface area contributed by atoms with Crippen LogP contribution in [0.15, 0.2) is 150 Å². The van der Waals surface area contributed by atoms with Gasteiger partial charge in [0.25, 0.3) is 0 Å². The van der Waals surface area contributed by atoms with Gasteiger partial charge in [-0.05, 0) is 40.5 Å². The lowest BCUT2D eigenvalue weighted by Gasteiger charge is -2.28. The number of pyridine rings is 1. The molecule has 0 saturated heterocycles. The standard InChI is InChI=1S/C37H30N2O5/c38-37(42,36(41)44-35(27-17-9-3-10-18-27)28-19-11-4-12-20-28)30-22-23-31(33-29(30)21-24-32(40)39-33)43-34(25-13-5-1-6-14-25)26-15-7-2-8-16-26/h1-24,34-35,42H,38H2,(H,39,40). The third-order valence-electron chi connectivity index (χ3n) is 7.46. The maximum atomic E-state index is 13.7. The Morgan fingerprint density at radius 1 is 0.636 bits per heavy atom. The van der Waals surface area contributed by atoms with Gasteiger partial charge >= 0.3 is 5.97 Å². The molecule has 0 aliphatic heterocycles. The van der Waals surface area contributed by atoms with E-state index in [1.165, 1.54) is 18.2 Å². The minimum Gasteiger partial charge on any atom is -0.479 e. The summed E-state index contributed by atoms with van der Waals surface area (Å²) in [4.78, 5) is 29.0. The Balaban J connectivity index is 1.39. The maximum absolute atomic E-state index is 13.7. The predicted molar refractivity (Wildman–Crippen MR) is 169 cm³/mol. The second-order valence-electron chi connectivity index (χ2n) is 10.4. The molecule has 0 bridgehead atoms. The van der Waals surface area contributed by atoms with Crippen molar-refractivity contribution < 1.29 is 19.4 Å². The Kier molecular flexibility index (Phi) is 8.06. The molecule has 0 aliphatic carbocycles. The molecule has 218 valence electrons. The molecule has 1 unspecified atom stereocenters. The molecule has 0 radical (unpaired) electrons. The molecule has 4 N–H and O–H groups in total. The van der Waals surface area contributed by atoms with Crippen LogP contribution in [0.5, 0.6) is 5.75 Å². The van der Waals surface area contributed by atoms with Gasteiger partial charge in [-0.1, -0.05) is 121 Å².